The largest absolute Gasteiger partial charge is 0.311 e. The lowest BCUT2D eigenvalue weighted by Crippen LogP contribution is -2.62. The number of nitrogens with zero attached hydrogens (tertiary/aromatic N) is 1. The molecule has 21 heavy (non-hydrogen) atoms. The molecule has 1 aromatic rings. The fourth-order valence-corrected chi connectivity index (χ4v) is 3.07. The van der Waals surface area contributed by atoms with Crippen LogP contribution in [0.1, 0.15) is 39.7 Å². The van der Waals surface area contributed by atoms with Gasteiger partial charge in [-0.15, -0.1) is 0 Å². The molecule has 1 N–H and O–H groups in total. The zero-order valence-electron chi connectivity index (χ0n) is 13.4. The highest BCUT2D eigenvalue weighted by molar-refractivity contribution is 6.31. The third-order valence-electron chi connectivity index (χ3n) is 4.78. The van der Waals surface area contributed by atoms with Gasteiger partial charge in [-0.1, -0.05) is 37.9 Å². The predicted octanol–water partition coefficient (Wildman–Crippen LogP) is 4.08. The van der Waals surface area contributed by atoms with Crippen molar-refractivity contribution < 1.29 is 4.39 Å². The third-order valence-corrected chi connectivity index (χ3v) is 5.13. The highest BCUT2D eigenvalue weighted by Gasteiger charge is 2.35. The van der Waals surface area contributed by atoms with Crippen LogP contribution in [0.15, 0.2) is 18.2 Å². The van der Waals surface area contributed by atoms with Gasteiger partial charge in [-0.2, -0.15) is 0 Å². The van der Waals surface area contributed by atoms with Crippen LogP contribution in [-0.4, -0.2) is 29.6 Å². The molecule has 1 fully saturated rings. The number of nitrogens with one attached hydrogen (secondary N) is 1. The van der Waals surface area contributed by atoms with Gasteiger partial charge in [0.1, 0.15) is 5.82 Å². The van der Waals surface area contributed by atoms with Gasteiger partial charge in [-0.05, 0) is 37.5 Å². The number of halogens is 2. The Morgan fingerprint density at radius 3 is 2.81 bits per heavy atom. The van der Waals surface area contributed by atoms with Gasteiger partial charge in [0.15, 0.2) is 0 Å². The Balaban J connectivity index is 2.14. The summed E-state index contributed by atoms with van der Waals surface area (Å²) in [6.07, 6.45) is 1.17. The minimum Gasteiger partial charge on any atom is -0.311 e. The van der Waals surface area contributed by atoms with Crippen molar-refractivity contribution in [1.82, 2.24) is 10.2 Å². The van der Waals surface area contributed by atoms with Crippen LogP contribution in [0.4, 0.5) is 4.39 Å². The van der Waals surface area contributed by atoms with E-state index >= 15 is 0 Å². The van der Waals surface area contributed by atoms with Crippen molar-refractivity contribution in [2.75, 3.05) is 13.1 Å². The summed E-state index contributed by atoms with van der Waals surface area (Å²) in [5, 5.41) is 4.18. The van der Waals surface area contributed by atoms with Crippen molar-refractivity contribution in [3.63, 3.8) is 0 Å². The average Bonchev–Trinajstić information content (AvgIpc) is 2.42. The van der Waals surface area contributed by atoms with Gasteiger partial charge >= 0.3 is 0 Å². The molecule has 2 rings (SSSR count). The van der Waals surface area contributed by atoms with Gasteiger partial charge < -0.3 is 5.32 Å². The van der Waals surface area contributed by atoms with Crippen molar-refractivity contribution in [3.8, 4) is 0 Å². The standard InChI is InChI=1S/C17H26ClFN2/c1-5-12(2)16-10-21(17(3,4)11-20-16)9-13-6-7-14(19)8-15(13)18/h6-8,12,16,20H,5,9-11H2,1-4H3. The van der Waals surface area contributed by atoms with E-state index in [4.69, 9.17) is 11.6 Å². The molecule has 0 spiro atoms. The van der Waals surface area contributed by atoms with Crippen LogP contribution >= 0.6 is 11.6 Å². The van der Waals surface area contributed by atoms with Gasteiger partial charge in [-0.25, -0.2) is 4.39 Å². The van der Waals surface area contributed by atoms with Crippen molar-refractivity contribution in [2.45, 2.75) is 52.2 Å². The molecule has 2 unspecified atom stereocenters. The van der Waals surface area contributed by atoms with E-state index in [0.717, 1.165) is 25.2 Å². The molecular weight excluding hydrogens is 287 g/mol. The summed E-state index contributed by atoms with van der Waals surface area (Å²) in [7, 11) is 0. The summed E-state index contributed by atoms with van der Waals surface area (Å²) in [4.78, 5) is 2.46. The Kier molecular flexibility index (Phi) is 5.29. The molecule has 0 bridgehead atoms. The first-order valence-corrected chi connectivity index (χ1v) is 8.13. The Hall–Kier alpha value is -0.640. The molecule has 0 amide bonds. The number of benzene rings is 1. The first-order chi connectivity index (χ1) is 9.83. The van der Waals surface area contributed by atoms with Crippen molar-refractivity contribution >= 4 is 11.6 Å². The van der Waals surface area contributed by atoms with Gasteiger partial charge in [0.25, 0.3) is 0 Å². The lowest BCUT2D eigenvalue weighted by Gasteiger charge is -2.47. The van der Waals surface area contributed by atoms with E-state index in [-0.39, 0.29) is 11.4 Å². The van der Waals surface area contributed by atoms with Gasteiger partial charge in [0, 0.05) is 36.2 Å². The maximum Gasteiger partial charge on any atom is 0.124 e. The predicted molar refractivity (Wildman–Crippen MR) is 87.1 cm³/mol. The normalized spacial score (nSPS) is 24.0. The quantitative estimate of drug-likeness (QED) is 0.901. The zero-order valence-corrected chi connectivity index (χ0v) is 14.2. The summed E-state index contributed by atoms with van der Waals surface area (Å²) in [5.74, 6) is 0.369. The summed E-state index contributed by atoms with van der Waals surface area (Å²) < 4.78 is 13.2. The Morgan fingerprint density at radius 2 is 2.19 bits per heavy atom. The highest BCUT2D eigenvalue weighted by Crippen LogP contribution is 2.27. The molecule has 1 heterocycles. The molecule has 1 saturated heterocycles. The molecular formula is C17H26ClFN2. The van der Waals surface area contributed by atoms with Crippen molar-refractivity contribution in [2.24, 2.45) is 5.92 Å². The van der Waals surface area contributed by atoms with Gasteiger partial charge in [0.05, 0.1) is 0 Å². The van der Waals surface area contributed by atoms with Crippen LogP contribution in [0.25, 0.3) is 0 Å². The van der Waals surface area contributed by atoms with E-state index in [1.165, 1.54) is 18.6 Å². The van der Waals surface area contributed by atoms with E-state index in [0.29, 0.717) is 17.0 Å². The van der Waals surface area contributed by atoms with Crippen LogP contribution in [0.5, 0.6) is 0 Å². The Labute approximate surface area is 132 Å². The maximum atomic E-state index is 13.2. The molecule has 0 saturated carbocycles. The fraction of sp³-hybridized carbons (Fsp3) is 0.647. The fourth-order valence-electron chi connectivity index (χ4n) is 2.84. The van der Waals surface area contributed by atoms with E-state index < -0.39 is 0 Å². The average molecular weight is 313 g/mol. The molecule has 118 valence electrons. The monoisotopic (exact) mass is 312 g/mol. The number of hydrogen-bond donors (Lipinski definition) is 1. The molecule has 2 nitrogen and oxygen atoms in total. The summed E-state index contributed by atoms with van der Waals surface area (Å²) >= 11 is 6.19. The SMILES string of the molecule is CCC(C)C1CN(Cc2ccc(F)cc2Cl)C(C)(C)CN1. The van der Waals surface area contributed by atoms with E-state index in [9.17, 15) is 4.39 Å². The van der Waals surface area contributed by atoms with E-state index in [1.807, 2.05) is 0 Å². The summed E-state index contributed by atoms with van der Waals surface area (Å²) in [5.41, 5.74) is 1.07. The molecule has 1 aliphatic rings. The second-order valence-corrected chi connectivity index (χ2v) is 7.21. The first-order valence-electron chi connectivity index (χ1n) is 7.76. The topological polar surface area (TPSA) is 15.3 Å². The molecule has 4 heteroatoms. The van der Waals surface area contributed by atoms with Gasteiger partial charge in [0.2, 0.25) is 0 Å². The van der Waals surface area contributed by atoms with Crippen molar-refractivity contribution in [1.29, 1.82) is 0 Å². The van der Waals surface area contributed by atoms with E-state index in [2.05, 4.69) is 37.9 Å². The van der Waals surface area contributed by atoms with Gasteiger partial charge in [-0.3, -0.25) is 4.90 Å². The second-order valence-electron chi connectivity index (χ2n) is 6.80. The molecule has 1 aromatic carbocycles. The Morgan fingerprint density at radius 1 is 1.48 bits per heavy atom. The van der Waals surface area contributed by atoms with Crippen LogP contribution < -0.4 is 5.32 Å². The lowest BCUT2D eigenvalue weighted by atomic mass is 9.90. The molecule has 0 radical (unpaired) electrons. The van der Waals surface area contributed by atoms with E-state index in [1.54, 1.807) is 6.07 Å². The molecule has 0 aliphatic carbocycles. The summed E-state index contributed by atoms with van der Waals surface area (Å²) in [6.45, 7) is 11.7. The van der Waals surface area contributed by atoms with Crippen LogP contribution in [0.3, 0.4) is 0 Å². The zero-order chi connectivity index (χ0) is 15.6. The van der Waals surface area contributed by atoms with Crippen LogP contribution in [0, 0.1) is 11.7 Å². The van der Waals surface area contributed by atoms with Crippen LogP contribution in [0.2, 0.25) is 5.02 Å². The lowest BCUT2D eigenvalue weighted by molar-refractivity contribution is 0.0449. The number of rotatable bonds is 4. The number of hydrogen-bond acceptors (Lipinski definition) is 2. The maximum absolute atomic E-state index is 13.2. The smallest absolute Gasteiger partial charge is 0.124 e. The van der Waals surface area contributed by atoms with Crippen molar-refractivity contribution in [3.05, 3.63) is 34.6 Å². The second kappa shape index (κ2) is 6.64. The molecule has 1 aliphatic heterocycles. The third kappa shape index (κ3) is 3.97. The number of piperazine rings is 1. The molecule has 0 aromatic heterocycles. The van der Waals surface area contributed by atoms with Crippen LogP contribution in [-0.2, 0) is 6.54 Å². The summed E-state index contributed by atoms with van der Waals surface area (Å²) in [6, 6.07) is 5.19. The minimum atomic E-state index is -0.277. The molecule has 2 atom stereocenters. The minimum absolute atomic E-state index is 0.0711. The highest BCUT2D eigenvalue weighted by atomic mass is 35.5. The first kappa shape index (κ1) is 16.7. The Bertz CT molecular complexity index is 490.